The second-order valence-corrected chi connectivity index (χ2v) is 3.19. The van der Waals surface area contributed by atoms with E-state index in [0.29, 0.717) is 0 Å². The molecule has 0 aliphatic rings. The quantitative estimate of drug-likeness (QED) is 0.477. The van der Waals surface area contributed by atoms with Gasteiger partial charge in [-0.25, -0.2) is 23.2 Å². The smallest absolute Gasteiger partial charge is 0.257 e. The van der Waals surface area contributed by atoms with Crippen LogP contribution >= 0.6 is 0 Å². The van der Waals surface area contributed by atoms with Crippen LogP contribution in [0.2, 0.25) is 0 Å². The zero-order chi connectivity index (χ0) is 7.78. The van der Waals surface area contributed by atoms with Crippen LogP contribution in [0, 0.1) is 0 Å². The van der Waals surface area contributed by atoms with Gasteiger partial charge in [-0.2, -0.15) is 0 Å². The molecule has 0 saturated heterocycles. The number of nitrogens with zero attached hydrogens (tertiary/aromatic N) is 2. The Labute approximate surface area is 57.5 Å². The van der Waals surface area contributed by atoms with Crippen molar-refractivity contribution in [3.63, 3.8) is 0 Å². The van der Waals surface area contributed by atoms with E-state index in [0.717, 1.165) is 17.2 Å². The molecule has 6 nitrogen and oxygen atoms in total. The lowest BCUT2D eigenvalue weighted by molar-refractivity contribution is 0.590. The first-order valence-electron chi connectivity index (χ1n) is 2.32. The predicted molar refractivity (Wildman–Crippen MR) is 33.8 cm³/mol. The van der Waals surface area contributed by atoms with Gasteiger partial charge in [0.25, 0.3) is 10.0 Å². The highest BCUT2D eigenvalue weighted by Crippen LogP contribution is 1.99. The number of nitrogen functional groups attached to an aromatic ring is 1. The van der Waals surface area contributed by atoms with Crippen LogP contribution in [-0.4, -0.2) is 18.1 Å². The van der Waals surface area contributed by atoms with Gasteiger partial charge in [0.1, 0.15) is 6.33 Å². The fourth-order valence-corrected chi connectivity index (χ4v) is 1.06. The number of aromatic nitrogens is 2. The van der Waals surface area contributed by atoms with Crippen molar-refractivity contribution in [1.82, 2.24) is 9.66 Å². The lowest BCUT2D eigenvalue weighted by Crippen LogP contribution is -2.20. The summed E-state index contributed by atoms with van der Waals surface area (Å²) in [6.45, 7) is 0. The molecule has 0 aromatic carbocycles. The van der Waals surface area contributed by atoms with Crippen LogP contribution in [0.25, 0.3) is 0 Å². The van der Waals surface area contributed by atoms with Crippen molar-refractivity contribution in [2.24, 2.45) is 5.14 Å². The van der Waals surface area contributed by atoms with E-state index in [4.69, 9.17) is 11.0 Å². The summed E-state index contributed by atoms with van der Waals surface area (Å²) >= 11 is 0. The molecule has 0 bridgehead atoms. The summed E-state index contributed by atoms with van der Waals surface area (Å²) < 4.78 is 21.9. The maximum Gasteiger partial charge on any atom is 0.257 e. The third-order valence-electron chi connectivity index (χ3n) is 0.922. The third kappa shape index (κ3) is 1.09. The number of nitrogens with two attached hydrogens (primary N) is 2. The molecule has 0 atom stereocenters. The topological polar surface area (TPSA) is 104 Å². The number of hydrogen-bond donors (Lipinski definition) is 2. The van der Waals surface area contributed by atoms with E-state index in [-0.39, 0.29) is 5.03 Å². The minimum Gasteiger partial charge on any atom is -0.337 e. The highest BCUT2D eigenvalue weighted by Gasteiger charge is 2.11. The van der Waals surface area contributed by atoms with Gasteiger partial charge in [0.2, 0.25) is 0 Å². The van der Waals surface area contributed by atoms with E-state index in [9.17, 15) is 8.42 Å². The molecule has 0 radical (unpaired) electrons. The zero-order valence-electron chi connectivity index (χ0n) is 4.93. The fourth-order valence-electron chi connectivity index (χ4n) is 0.513. The first kappa shape index (κ1) is 7.03. The van der Waals surface area contributed by atoms with E-state index in [1.165, 1.54) is 0 Å². The second-order valence-electron chi connectivity index (χ2n) is 1.68. The molecule has 1 rings (SSSR count). The molecule has 1 aromatic rings. The van der Waals surface area contributed by atoms with E-state index < -0.39 is 10.0 Å². The van der Waals surface area contributed by atoms with Gasteiger partial charge in [0.15, 0.2) is 5.03 Å². The van der Waals surface area contributed by atoms with Crippen molar-refractivity contribution in [1.29, 1.82) is 0 Å². The molecule has 1 heterocycles. The van der Waals surface area contributed by atoms with Crippen LogP contribution in [0.15, 0.2) is 17.6 Å². The Bertz CT molecular complexity index is 326. The number of sulfonamides is 1. The first-order chi connectivity index (χ1) is 4.52. The molecule has 10 heavy (non-hydrogen) atoms. The normalized spacial score (nSPS) is 11.7. The molecule has 0 unspecified atom stereocenters. The van der Waals surface area contributed by atoms with Crippen LogP contribution < -0.4 is 11.0 Å². The monoisotopic (exact) mass is 162 g/mol. The summed E-state index contributed by atoms with van der Waals surface area (Å²) in [4.78, 5) is 3.47. The number of hydrogen-bond acceptors (Lipinski definition) is 4. The van der Waals surface area contributed by atoms with Gasteiger partial charge in [0, 0.05) is 0 Å². The van der Waals surface area contributed by atoms with Gasteiger partial charge < -0.3 is 5.84 Å². The van der Waals surface area contributed by atoms with Crippen LogP contribution in [-0.2, 0) is 10.0 Å². The Morgan fingerprint density at radius 2 is 2.20 bits per heavy atom. The van der Waals surface area contributed by atoms with Gasteiger partial charge in [0.05, 0.1) is 6.20 Å². The molecule has 0 amide bonds. The van der Waals surface area contributed by atoms with Crippen LogP contribution in [0.3, 0.4) is 0 Å². The summed E-state index contributed by atoms with van der Waals surface area (Å²) in [7, 11) is -3.71. The summed E-state index contributed by atoms with van der Waals surface area (Å²) in [6, 6.07) is 0. The molecular weight excluding hydrogens is 156 g/mol. The SMILES string of the molecule is Nn1cncc1S(N)(=O)=O. The Kier molecular flexibility index (Phi) is 1.38. The van der Waals surface area contributed by atoms with Crippen molar-refractivity contribution in [2.75, 3.05) is 5.84 Å². The molecule has 0 spiro atoms. The Balaban J connectivity index is 3.32. The number of imidazole rings is 1. The highest BCUT2D eigenvalue weighted by molar-refractivity contribution is 7.89. The summed E-state index contributed by atoms with van der Waals surface area (Å²) in [5, 5.41) is 4.53. The molecule has 56 valence electrons. The van der Waals surface area contributed by atoms with E-state index in [1.807, 2.05) is 0 Å². The maximum absolute atomic E-state index is 10.6. The lowest BCUT2D eigenvalue weighted by Gasteiger charge is -1.95. The minimum absolute atomic E-state index is 0.201. The molecular formula is C3H6N4O2S. The fraction of sp³-hybridized carbons (Fsp3) is 0. The van der Waals surface area contributed by atoms with Gasteiger partial charge >= 0.3 is 0 Å². The van der Waals surface area contributed by atoms with Crippen LogP contribution in [0.5, 0.6) is 0 Å². The molecule has 0 aliphatic heterocycles. The van der Waals surface area contributed by atoms with Gasteiger partial charge in [-0.1, -0.05) is 0 Å². The van der Waals surface area contributed by atoms with Crippen molar-refractivity contribution < 1.29 is 8.42 Å². The second kappa shape index (κ2) is 1.96. The largest absolute Gasteiger partial charge is 0.337 e. The molecule has 7 heteroatoms. The Hall–Kier alpha value is -1.08. The van der Waals surface area contributed by atoms with Crippen molar-refractivity contribution in [3.05, 3.63) is 12.5 Å². The van der Waals surface area contributed by atoms with Crippen molar-refractivity contribution in [3.8, 4) is 0 Å². The summed E-state index contributed by atoms with van der Waals surface area (Å²) in [5.41, 5.74) is 0. The molecule has 1 aromatic heterocycles. The lowest BCUT2D eigenvalue weighted by atomic mass is 10.9. The number of rotatable bonds is 1. The van der Waals surface area contributed by atoms with Crippen molar-refractivity contribution >= 4 is 10.0 Å². The average Bonchev–Trinajstić information content (AvgIpc) is 2.11. The van der Waals surface area contributed by atoms with E-state index in [1.54, 1.807) is 0 Å². The van der Waals surface area contributed by atoms with Crippen LogP contribution in [0.1, 0.15) is 0 Å². The maximum atomic E-state index is 10.6. The Morgan fingerprint density at radius 3 is 2.40 bits per heavy atom. The zero-order valence-corrected chi connectivity index (χ0v) is 5.75. The minimum atomic E-state index is -3.71. The molecule has 0 fully saturated rings. The van der Waals surface area contributed by atoms with Crippen molar-refractivity contribution in [2.45, 2.75) is 5.03 Å². The summed E-state index contributed by atoms with van der Waals surface area (Å²) in [5.74, 6) is 5.12. The molecule has 0 saturated carbocycles. The number of primary sulfonamides is 1. The highest BCUT2D eigenvalue weighted by atomic mass is 32.2. The van der Waals surface area contributed by atoms with Gasteiger partial charge in [-0.3, -0.25) is 0 Å². The van der Waals surface area contributed by atoms with E-state index >= 15 is 0 Å². The standard InChI is InChI=1S/C3H6N4O2S/c4-7-2-6-1-3(7)10(5,8)9/h1-2H,4H2,(H2,5,8,9). The Morgan fingerprint density at radius 1 is 1.60 bits per heavy atom. The first-order valence-corrected chi connectivity index (χ1v) is 3.86. The van der Waals surface area contributed by atoms with Gasteiger partial charge in [-0.15, -0.1) is 0 Å². The third-order valence-corrected chi connectivity index (χ3v) is 1.82. The van der Waals surface area contributed by atoms with E-state index in [2.05, 4.69) is 4.98 Å². The summed E-state index contributed by atoms with van der Waals surface area (Å²) in [6.07, 6.45) is 2.23. The molecule has 0 aliphatic carbocycles. The van der Waals surface area contributed by atoms with Crippen LogP contribution in [0.4, 0.5) is 0 Å². The average molecular weight is 162 g/mol. The van der Waals surface area contributed by atoms with Gasteiger partial charge in [-0.05, 0) is 0 Å². The molecule has 4 N–H and O–H groups in total. The predicted octanol–water partition coefficient (Wildman–Crippen LogP) is -1.76.